The zero-order valence-corrected chi connectivity index (χ0v) is 11.4. The lowest BCUT2D eigenvalue weighted by Gasteiger charge is -2.31. The summed E-state index contributed by atoms with van der Waals surface area (Å²) in [6.07, 6.45) is 5.45. The van der Waals surface area contributed by atoms with Crippen LogP contribution in [-0.4, -0.2) is 12.6 Å². The molecule has 0 amide bonds. The van der Waals surface area contributed by atoms with Gasteiger partial charge in [0.2, 0.25) is 0 Å². The van der Waals surface area contributed by atoms with Gasteiger partial charge < -0.3 is 5.32 Å². The average Bonchev–Trinajstić information content (AvgIpc) is 2.76. The van der Waals surface area contributed by atoms with Crippen molar-refractivity contribution in [2.75, 3.05) is 6.54 Å². The second-order valence-electron chi connectivity index (χ2n) is 5.89. The minimum atomic E-state index is 0.399. The summed E-state index contributed by atoms with van der Waals surface area (Å²) in [6.45, 7) is 7.80. The van der Waals surface area contributed by atoms with Crippen LogP contribution in [0.5, 0.6) is 0 Å². The van der Waals surface area contributed by atoms with Gasteiger partial charge in [0.1, 0.15) is 0 Å². The Morgan fingerprint density at radius 2 is 1.94 bits per heavy atom. The molecule has 0 spiro atoms. The van der Waals surface area contributed by atoms with E-state index in [1.807, 2.05) is 0 Å². The van der Waals surface area contributed by atoms with Gasteiger partial charge in [-0.3, -0.25) is 0 Å². The summed E-state index contributed by atoms with van der Waals surface area (Å²) in [7, 11) is 0. The third-order valence-electron chi connectivity index (χ3n) is 4.04. The second kappa shape index (κ2) is 5.22. The normalized spacial score (nSPS) is 18.8. The first kappa shape index (κ1) is 12.6. The molecule has 94 valence electrons. The lowest BCUT2D eigenvalue weighted by Crippen LogP contribution is -2.39. The molecule has 1 aliphatic rings. The molecule has 2 rings (SSSR count). The van der Waals surface area contributed by atoms with Gasteiger partial charge in [-0.15, -0.1) is 0 Å². The molecule has 0 aromatic heterocycles. The van der Waals surface area contributed by atoms with Crippen molar-refractivity contribution >= 4 is 0 Å². The van der Waals surface area contributed by atoms with Crippen molar-refractivity contribution in [2.45, 2.75) is 57.9 Å². The van der Waals surface area contributed by atoms with Gasteiger partial charge in [0.05, 0.1) is 0 Å². The largest absolute Gasteiger partial charge is 0.314 e. The van der Waals surface area contributed by atoms with E-state index in [0.717, 1.165) is 6.54 Å². The Morgan fingerprint density at radius 1 is 1.24 bits per heavy atom. The molecule has 1 fully saturated rings. The minimum absolute atomic E-state index is 0.399. The first-order valence-electron chi connectivity index (χ1n) is 6.93. The van der Waals surface area contributed by atoms with E-state index in [1.54, 1.807) is 5.56 Å². The highest BCUT2D eigenvalue weighted by molar-refractivity contribution is 5.31. The van der Waals surface area contributed by atoms with Gasteiger partial charge in [0.15, 0.2) is 0 Å². The molecule has 0 bridgehead atoms. The molecule has 0 radical (unpaired) electrons. The Hall–Kier alpha value is -0.820. The molecular formula is C16H25N. The number of aryl methyl sites for hydroxylation is 1. The van der Waals surface area contributed by atoms with Crippen LogP contribution in [0.2, 0.25) is 0 Å². The van der Waals surface area contributed by atoms with Crippen molar-refractivity contribution in [1.82, 2.24) is 5.32 Å². The van der Waals surface area contributed by atoms with Crippen molar-refractivity contribution in [3.63, 3.8) is 0 Å². The number of hydrogen-bond donors (Lipinski definition) is 1. The van der Waals surface area contributed by atoms with E-state index in [-0.39, 0.29) is 0 Å². The first-order valence-corrected chi connectivity index (χ1v) is 6.93. The summed E-state index contributed by atoms with van der Waals surface area (Å²) in [6, 6.07) is 9.69. The molecule has 1 aliphatic carbocycles. The summed E-state index contributed by atoms with van der Waals surface area (Å²) in [5, 5.41) is 3.65. The van der Waals surface area contributed by atoms with Crippen molar-refractivity contribution < 1.29 is 0 Å². The Labute approximate surface area is 106 Å². The number of rotatable bonds is 4. The van der Waals surface area contributed by atoms with E-state index >= 15 is 0 Å². The van der Waals surface area contributed by atoms with Crippen LogP contribution in [0, 0.1) is 6.92 Å². The maximum Gasteiger partial charge on any atom is 0.00779 e. The average molecular weight is 231 g/mol. The van der Waals surface area contributed by atoms with Gasteiger partial charge in [-0.2, -0.15) is 0 Å². The van der Waals surface area contributed by atoms with Crippen LogP contribution >= 0.6 is 0 Å². The molecule has 0 unspecified atom stereocenters. The van der Waals surface area contributed by atoms with Crippen LogP contribution in [0.4, 0.5) is 0 Å². The molecule has 0 heterocycles. The topological polar surface area (TPSA) is 12.0 Å². The van der Waals surface area contributed by atoms with Crippen LogP contribution in [0.1, 0.15) is 50.7 Å². The van der Waals surface area contributed by atoms with Crippen LogP contribution in [-0.2, 0) is 5.41 Å². The van der Waals surface area contributed by atoms with Crippen LogP contribution < -0.4 is 5.32 Å². The van der Waals surface area contributed by atoms with Crippen molar-refractivity contribution in [3.05, 3.63) is 35.4 Å². The summed E-state index contributed by atoms with van der Waals surface area (Å²) < 4.78 is 0. The minimum Gasteiger partial charge on any atom is -0.314 e. The molecule has 1 aromatic carbocycles. The van der Waals surface area contributed by atoms with E-state index in [2.05, 4.69) is 50.4 Å². The lowest BCUT2D eigenvalue weighted by atomic mass is 9.78. The standard InChI is InChI=1S/C16H25N/c1-13(2)17-12-16(9-4-5-10-16)15-8-6-7-14(3)11-15/h6-8,11,13,17H,4-5,9-10,12H2,1-3H3. The number of benzene rings is 1. The molecule has 0 aliphatic heterocycles. The third-order valence-corrected chi connectivity index (χ3v) is 4.04. The molecule has 0 saturated heterocycles. The predicted molar refractivity (Wildman–Crippen MR) is 74.5 cm³/mol. The van der Waals surface area contributed by atoms with E-state index < -0.39 is 0 Å². The Balaban J connectivity index is 2.21. The van der Waals surface area contributed by atoms with Crippen LogP contribution in [0.3, 0.4) is 0 Å². The van der Waals surface area contributed by atoms with Crippen molar-refractivity contribution in [2.24, 2.45) is 0 Å². The van der Waals surface area contributed by atoms with Gasteiger partial charge in [-0.1, -0.05) is 56.5 Å². The predicted octanol–water partition coefficient (Wildman–Crippen LogP) is 3.80. The maximum atomic E-state index is 3.65. The van der Waals surface area contributed by atoms with Crippen molar-refractivity contribution in [1.29, 1.82) is 0 Å². The van der Waals surface area contributed by atoms with E-state index in [1.165, 1.54) is 31.2 Å². The monoisotopic (exact) mass is 231 g/mol. The first-order chi connectivity index (χ1) is 8.12. The molecule has 1 heteroatoms. The highest BCUT2D eigenvalue weighted by Crippen LogP contribution is 2.40. The number of hydrogen-bond acceptors (Lipinski definition) is 1. The van der Waals surface area contributed by atoms with Gasteiger partial charge in [-0.25, -0.2) is 0 Å². The van der Waals surface area contributed by atoms with E-state index in [0.29, 0.717) is 11.5 Å². The highest BCUT2D eigenvalue weighted by Gasteiger charge is 2.35. The summed E-state index contributed by atoms with van der Waals surface area (Å²) in [5.41, 5.74) is 3.33. The fraction of sp³-hybridized carbons (Fsp3) is 0.625. The van der Waals surface area contributed by atoms with Gasteiger partial charge in [-0.05, 0) is 25.3 Å². The zero-order chi connectivity index (χ0) is 12.3. The maximum absolute atomic E-state index is 3.65. The van der Waals surface area contributed by atoms with Crippen molar-refractivity contribution in [3.8, 4) is 0 Å². The molecule has 1 nitrogen and oxygen atoms in total. The lowest BCUT2D eigenvalue weighted by molar-refractivity contribution is 0.387. The zero-order valence-electron chi connectivity index (χ0n) is 11.4. The van der Waals surface area contributed by atoms with Gasteiger partial charge in [0.25, 0.3) is 0 Å². The highest BCUT2D eigenvalue weighted by atomic mass is 14.9. The fourth-order valence-electron chi connectivity index (χ4n) is 2.99. The number of nitrogens with one attached hydrogen (secondary N) is 1. The molecule has 17 heavy (non-hydrogen) atoms. The SMILES string of the molecule is Cc1cccc(C2(CNC(C)C)CCCC2)c1. The molecule has 1 N–H and O–H groups in total. The summed E-state index contributed by atoms with van der Waals surface area (Å²) in [4.78, 5) is 0. The Kier molecular flexibility index (Phi) is 3.88. The molecule has 1 saturated carbocycles. The fourth-order valence-corrected chi connectivity index (χ4v) is 2.99. The smallest absolute Gasteiger partial charge is 0.00779 e. The third kappa shape index (κ3) is 2.90. The molecule has 1 aromatic rings. The Bertz CT molecular complexity index is 362. The van der Waals surface area contributed by atoms with Gasteiger partial charge >= 0.3 is 0 Å². The molecular weight excluding hydrogens is 206 g/mol. The van der Waals surface area contributed by atoms with E-state index in [4.69, 9.17) is 0 Å². The van der Waals surface area contributed by atoms with Crippen LogP contribution in [0.15, 0.2) is 24.3 Å². The molecule has 0 atom stereocenters. The second-order valence-corrected chi connectivity index (χ2v) is 5.89. The quantitative estimate of drug-likeness (QED) is 0.831. The summed E-state index contributed by atoms with van der Waals surface area (Å²) in [5.74, 6) is 0. The van der Waals surface area contributed by atoms with Crippen LogP contribution in [0.25, 0.3) is 0 Å². The van der Waals surface area contributed by atoms with E-state index in [9.17, 15) is 0 Å². The summed E-state index contributed by atoms with van der Waals surface area (Å²) >= 11 is 0. The van der Waals surface area contributed by atoms with Gasteiger partial charge in [0, 0.05) is 18.0 Å². The Morgan fingerprint density at radius 3 is 2.53 bits per heavy atom.